The van der Waals surface area contributed by atoms with Crippen molar-refractivity contribution in [3.05, 3.63) is 35.9 Å². The average Bonchev–Trinajstić information content (AvgIpc) is 2.29. The third-order valence-electron chi connectivity index (χ3n) is 3.33. The Hall–Kier alpha value is -0.870. The molecule has 94 valence electrons. The summed E-state index contributed by atoms with van der Waals surface area (Å²) >= 11 is 0. The van der Waals surface area contributed by atoms with Crippen molar-refractivity contribution >= 4 is 10.0 Å². The second kappa shape index (κ2) is 4.78. The molecule has 1 fully saturated rings. The second-order valence-corrected chi connectivity index (χ2v) is 6.92. The molecule has 1 aliphatic heterocycles. The lowest BCUT2D eigenvalue weighted by Crippen LogP contribution is -2.45. The summed E-state index contributed by atoms with van der Waals surface area (Å²) in [5.41, 5.74) is 1.24. The molecule has 1 aromatic rings. The lowest BCUT2D eigenvalue weighted by molar-refractivity contribution is 0.311. The van der Waals surface area contributed by atoms with Crippen LogP contribution in [-0.4, -0.2) is 31.1 Å². The lowest BCUT2D eigenvalue weighted by atomic mass is 9.96. The molecule has 0 spiro atoms. The molecule has 0 radical (unpaired) electrons. The molecular weight excluding hydrogens is 234 g/mol. The number of nitrogens with zero attached hydrogens (tertiary/aromatic N) is 1. The molecule has 3 nitrogen and oxygen atoms in total. The number of hydrogen-bond acceptors (Lipinski definition) is 2. The van der Waals surface area contributed by atoms with E-state index >= 15 is 0 Å². The van der Waals surface area contributed by atoms with E-state index in [0.717, 1.165) is 6.42 Å². The Kier molecular flexibility index (Phi) is 3.54. The largest absolute Gasteiger partial charge is 0.214 e. The molecule has 1 aromatic carbocycles. The van der Waals surface area contributed by atoms with Gasteiger partial charge in [0.15, 0.2) is 0 Å². The smallest absolute Gasteiger partial charge is 0.212 e. The van der Waals surface area contributed by atoms with E-state index < -0.39 is 10.0 Å². The summed E-state index contributed by atoms with van der Waals surface area (Å²) in [7, 11) is -3.03. The van der Waals surface area contributed by atoms with Crippen LogP contribution in [0.1, 0.15) is 31.7 Å². The monoisotopic (exact) mass is 253 g/mol. The van der Waals surface area contributed by atoms with Crippen molar-refractivity contribution in [1.82, 2.24) is 4.31 Å². The zero-order chi connectivity index (χ0) is 12.5. The summed E-state index contributed by atoms with van der Waals surface area (Å²) in [6, 6.07) is 10.2. The standard InChI is InChI=1S/C13H19NO2S/c1-11(2)14-10-13(8-9-17(14,15)16)12-6-4-3-5-7-12/h3-7,11,13H,8-10H2,1-2H3. The van der Waals surface area contributed by atoms with Crippen LogP contribution < -0.4 is 0 Å². The van der Waals surface area contributed by atoms with E-state index in [4.69, 9.17) is 0 Å². The molecule has 4 heteroatoms. The van der Waals surface area contributed by atoms with Gasteiger partial charge < -0.3 is 0 Å². The van der Waals surface area contributed by atoms with E-state index in [1.165, 1.54) is 5.56 Å². The zero-order valence-electron chi connectivity index (χ0n) is 10.3. The van der Waals surface area contributed by atoms with Crippen molar-refractivity contribution in [3.8, 4) is 0 Å². The van der Waals surface area contributed by atoms with Crippen LogP contribution in [0.5, 0.6) is 0 Å². The quantitative estimate of drug-likeness (QED) is 0.810. The number of hydrogen-bond donors (Lipinski definition) is 0. The van der Waals surface area contributed by atoms with Crippen molar-refractivity contribution < 1.29 is 8.42 Å². The molecule has 0 bridgehead atoms. The molecule has 0 aliphatic carbocycles. The van der Waals surface area contributed by atoms with E-state index in [9.17, 15) is 8.42 Å². The van der Waals surface area contributed by atoms with Crippen LogP contribution in [0.15, 0.2) is 30.3 Å². The van der Waals surface area contributed by atoms with Gasteiger partial charge in [0.1, 0.15) is 0 Å². The van der Waals surface area contributed by atoms with Crippen molar-refractivity contribution in [3.63, 3.8) is 0 Å². The fourth-order valence-electron chi connectivity index (χ4n) is 2.36. The lowest BCUT2D eigenvalue weighted by Gasteiger charge is -2.34. The Morgan fingerprint density at radius 1 is 1.24 bits per heavy atom. The molecule has 1 atom stereocenters. The van der Waals surface area contributed by atoms with Crippen LogP contribution in [0.2, 0.25) is 0 Å². The van der Waals surface area contributed by atoms with Crippen molar-refractivity contribution in [2.45, 2.75) is 32.2 Å². The minimum atomic E-state index is -3.03. The van der Waals surface area contributed by atoms with E-state index in [-0.39, 0.29) is 11.8 Å². The molecule has 2 rings (SSSR count). The molecule has 0 aromatic heterocycles. The maximum absolute atomic E-state index is 11.9. The molecule has 1 unspecified atom stereocenters. The Bertz CT molecular complexity index is 467. The summed E-state index contributed by atoms with van der Waals surface area (Å²) < 4.78 is 25.5. The van der Waals surface area contributed by atoms with Crippen molar-refractivity contribution in [2.24, 2.45) is 0 Å². The maximum Gasteiger partial charge on any atom is 0.214 e. The van der Waals surface area contributed by atoms with Crippen LogP contribution in [-0.2, 0) is 10.0 Å². The third kappa shape index (κ3) is 2.69. The molecule has 1 heterocycles. The van der Waals surface area contributed by atoms with Crippen molar-refractivity contribution in [2.75, 3.05) is 12.3 Å². The SMILES string of the molecule is CC(C)N1CC(c2ccccc2)CCS1(=O)=O. The first-order valence-corrected chi connectivity index (χ1v) is 7.66. The predicted molar refractivity (Wildman–Crippen MR) is 69.4 cm³/mol. The van der Waals surface area contributed by atoms with Crippen molar-refractivity contribution in [1.29, 1.82) is 0 Å². The first-order chi connectivity index (χ1) is 8.00. The Morgan fingerprint density at radius 3 is 2.47 bits per heavy atom. The van der Waals surface area contributed by atoms with Crippen LogP contribution in [0.3, 0.4) is 0 Å². The van der Waals surface area contributed by atoms with Gasteiger partial charge in [0.05, 0.1) is 5.75 Å². The highest BCUT2D eigenvalue weighted by molar-refractivity contribution is 7.89. The summed E-state index contributed by atoms with van der Waals surface area (Å²) in [4.78, 5) is 0. The second-order valence-electron chi connectivity index (χ2n) is 4.88. The van der Waals surface area contributed by atoms with Gasteiger partial charge >= 0.3 is 0 Å². The molecule has 0 N–H and O–H groups in total. The van der Waals surface area contributed by atoms with E-state index in [0.29, 0.717) is 12.5 Å². The highest BCUT2D eigenvalue weighted by atomic mass is 32.2. The predicted octanol–water partition coefficient (Wildman–Crippen LogP) is 2.21. The molecule has 1 aliphatic rings. The van der Waals surface area contributed by atoms with Gasteiger partial charge in [-0.15, -0.1) is 0 Å². The van der Waals surface area contributed by atoms with E-state index in [1.54, 1.807) is 4.31 Å². The third-order valence-corrected chi connectivity index (χ3v) is 5.37. The van der Waals surface area contributed by atoms with Crippen LogP contribution >= 0.6 is 0 Å². The fraction of sp³-hybridized carbons (Fsp3) is 0.538. The van der Waals surface area contributed by atoms with Gasteiger partial charge in [-0.1, -0.05) is 30.3 Å². The Labute approximate surface area is 104 Å². The minimum absolute atomic E-state index is 0.0477. The zero-order valence-corrected chi connectivity index (χ0v) is 11.2. The van der Waals surface area contributed by atoms with Gasteiger partial charge in [-0.2, -0.15) is 4.31 Å². The van der Waals surface area contributed by atoms with E-state index in [1.807, 2.05) is 32.0 Å². The summed E-state index contributed by atoms with van der Waals surface area (Å²) in [6.07, 6.45) is 0.732. The molecule has 1 saturated heterocycles. The fourth-order valence-corrected chi connectivity index (χ4v) is 4.23. The van der Waals surface area contributed by atoms with Gasteiger partial charge in [0.2, 0.25) is 10.0 Å². The highest BCUT2D eigenvalue weighted by Gasteiger charge is 2.33. The Morgan fingerprint density at radius 2 is 1.88 bits per heavy atom. The number of benzene rings is 1. The topological polar surface area (TPSA) is 37.4 Å². The average molecular weight is 253 g/mol. The first kappa shape index (κ1) is 12.6. The summed E-state index contributed by atoms with van der Waals surface area (Å²) in [5.74, 6) is 0.604. The van der Waals surface area contributed by atoms with Gasteiger partial charge in [0, 0.05) is 12.6 Å². The molecular formula is C13H19NO2S. The van der Waals surface area contributed by atoms with Gasteiger partial charge in [0.25, 0.3) is 0 Å². The minimum Gasteiger partial charge on any atom is -0.212 e. The van der Waals surface area contributed by atoms with Crippen LogP contribution in [0.4, 0.5) is 0 Å². The van der Waals surface area contributed by atoms with Gasteiger partial charge in [-0.05, 0) is 31.7 Å². The number of rotatable bonds is 2. The van der Waals surface area contributed by atoms with Gasteiger partial charge in [-0.3, -0.25) is 0 Å². The maximum atomic E-state index is 11.9. The summed E-state index contributed by atoms with van der Waals surface area (Å²) in [5, 5.41) is 0. The van der Waals surface area contributed by atoms with Crippen LogP contribution in [0, 0.1) is 0 Å². The first-order valence-electron chi connectivity index (χ1n) is 6.05. The molecule has 0 amide bonds. The summed E-state index contributed by atoms with van der Waals surface area (Å²) in [6.45, 7) is 4.49. The highest BCUT2D eigenvalue weighted by Crippen LogP contribution is 2.29. The molecule has 17 heavy (non-hydrogen) atoms. The normalized spacial score (nSPS) is 25.0. The van der Waals surface area contributed by atoms with Crippen LogP contribution in [0.25, 0.3) is 0 Å². The number of sulfonamides is 1. The van der Waals surface area contributed by atoms with Gasteiger partial charge in [-0.25, -0.2) is 8.42 Å². The Balaban J connectivity index is 2.21. The molecule has 0 saturated carbocycles. The van der Waals surface area contributed by atoms with E-state index in [2.05, 4.69) is 12.1 Å².